The lowest BCUT2D eigenvalue weighted by Crippen LogP contribution is -1.94. The molecule has 0 spiro atoms. The molecular formula is C17H20O2. The highest BCUT2D eigenvalue weighted by atomic mass is 16.5. The first kappa shape index (κ1) is 13.6. The summed E-state index contributed by atoms with van der Waals surface area (Å²) in [5.74, 6) is 1.71. The highest BCUT2D eigenvalue weighted by molar-refractivity contribution is 5.47. The Labute approximate surface area is 114 Å². The van der Waals surface area contributed by atoms with E-state index >= 15 is 0 Å². The van der Waals surface area contributed by atoms with E-state index in [2.05, 4.69) is 26.0 Å². The minimum Gasteiger partial charge on any atom is -0.457 e. The third-order valence-corrected chi connectivity index (χ3v) is 3.46. The fourth-order valence-corrected chi connectivity index (χ4v) is 2.01. The molecule has 2 nitrogen and oxygen atoms in total. The molecule has 100 valence electrons. The lowest BCUT2D eigenvalue weighted by atomic mass is 10.1. The Balaban J connectivity index is 2.29. The maximum atomic E-state index is 9.49. The number of aliphatic hydroxyl groups is 1. The number of hydrogen-bond donors (Lipinski definition) is 1. The summed E-state index contributed by atoms with van der Waals surface area (Å²) in [6.45, 7) is 7.96. The van der Waals surface area contributed by atoms with Crippen molar-refractivity contribution in [2.24, 2.45) is 0 Å². The van der Waals surface area contributed by atoms with Crippen LogP contribution in [0.15, 0.2) is 36.4 Å². The molecule has 0 aliphatic heterocycles. The van der Waals surface area contributed by atoms with Crippen LogP contribution < -0.4 is 4.74 Å². The monoisotopic (exact) mass is 256 g/mol. The molecule has 2 heteroatoms. The molecule has 2 rings (SSSR count). The van der Waals surface area contributed by atoms with Gasteiger partial charge in [0.2, 0.25) is 0 Å². The zero-order valence-corrected chi connectivity index (χ0v) is 11.9. The smallest absolute Gasteiger partial charge is 0.133 e. The minimum atomic E-state index is -0.448. The van der Waals surface area contributed by atoms with Crippen LogP contribution in [0.1, 0.15) is 35.3 Å². The molecule has 2 aromatic rings. The van der Waals surface area contributed by atoms with E-state index in [1.807, 2.05) is 31.2 Å². The second-order valence-corrected chi connectivity index (χ2v) is 5.00. The van der Waals surface area contributed by atoms with Crippen LogP contribution in [0, 0.1) is 20.8 Å². The Morgan fingerprint density at radius 1 is 0.895 bits per heavy atom. The minimum absolute atomic E-state index is 0.448. The summed E-state index contributed by atoms with van der Waals surface area (Å²) in [7, 11) is 0. The number of aryl methyl sites for hydroxylation is 2. The standard InChI is InChI=1S/C17H20O2/c1-11-5-6-12(2)17(13(11)3)19-16-9-7-15(8-10-16)14(4)18/h5-10,14,18H,1-4H3/t14-/m1/s1. The van der Waals surface area contributed by atoms with E-state index in [1.165, 1.54) is 11.1 Å². The summed E-state index contributed by atoms with van der Waals surface area (Å²) < 4.78 is 5.97. The van der Waals surface area contributed by atoms with Crippen molar-refractivity contribution < 1.29 is 9.84 Å². The van der Waals surface area contributed by atoms with Crippen LogP contribution in [0.2, 0.25) is 0 Å². The Hall–Kier alpha value is -1.80. The van der Waals surface area contributed by atoms with Crippen LogP contribution in [-0.2, 0) is 0 Å². The van der Waals surface area contributed by atoms with Crippen LogP contribution in [-0.4, -0.2) is 5.11 Å². The van der Waals surface area contributed by atoms with Crippen molar-refractivity contribution in [3.05, 3.63) is 58.7 Å². The van der Waals surface area contributed by atoms with Crippen LogP contribution >= 0.6 is 0 Å². The van der Waals surface area contributed by atoms with E-state index < -0.39 is 6.10 Å². The fourth-order valence-electron chi connectivity index (χ4n) is 2.01. The van der Waals surface area contributed by atoms with Crippen molar-refractivity contribution in [1.29, 1.82) is 0 Å². The van der Waals surface area contributed by atoms with Gasteiger partial charge in [0.1, 0.15) is 11.5 Å². The van der Waals surface area contributed by atoms with Gasteiger partial charge in [0, 0.05) is 0 Å². The molecule has 0 heterocycles. The molecule has 2 aromatic carbocycles. The van der Waals surface area contributed by atoms with Gasteiger partial charge in [-0.2, -0.15) is 0 Å². The van der Waals surface area contributed by atoms with E-state index in [0.717, 1.165) is 22.6 Å². The van der Waals surface area contributed by atoms with Gasteiger partial charge in [-0.1, -0.05) is 24.3 Å². The molecule has 0 aromatic heterocycles. The summed E-state index contributed by atoms with van der Waals surface area (Å²) in [6, 6.07) is 11.7. The zero-order chi connectivity index (χ0) is 14.0. The molecule has 0 unspecified atom stereocenters. The summed E-state index contributed by atoms with van der Waals surface area (Å²) in [4.78, 5) is 0. The van der Waals surface area contributed by atoms with Gasteiger partial charge >= 0.3 is 0 Å². The second-order valence-electron chi connectivity index (χ2n) is 5.00. The van der Waals surface area contributed by atoms with Crippen LogP contribution in [0.4, 0.5) is 0 Å². The van der Waals surface area contributed by atoms with Crippen LogP contribution in [0.5, 0.6) is 11.5 Å². The molecule has 0 aliphatic rings. The maximum Gasteiger partial charge on any atom is 0.133 e. The van der Waals surface area contributed by atoms with Crippen LogP contribution in [0.25, 0.3) is 0 Å². The fraction of sp³-hybridized carbons (Fsp3) is 0.294. The molecule has 0 saturated heterocycles. The van der Waals surface area contributed by atoms with E-state index in [4.69, 9.17) is 4.74 Å². The predicted octanol–water partition coefficient (Wildman–Crippen LogP) is 4.46. The van der Waals surface area contributed by atoms with Gasteiger partial charge in [0.25, 0.3) is 0 Å². The van der Waals surface area contributed by atoms with Crippen molar-refractivity contribution in [3.8, 4) is 11.5 Å². The molecule has 1 N–H and O–H groups in total. The van der Waals surface area contributed by atoms with Gasteiger partial charge in [-0.25, -0.2) is 0 Å². The molecule has 0 radical (unpaired) electrons. The van der Waals surface area contributed by atoms with Gasteiger partial charge < -0.3 is 9.84 Å². The Morgan fingerprint density at radius 2 is 1.47 bits per heavy atom. The average Bonchev–Trinajstić information content (AvgIpc) is 2.40. The summed E-state index contributed by atoms with van der Waals surface area (Å²) in [5.41, 5.74) is 4.41. The number of ether oxygens (including phenoxy) is 1. The van der Waals surface area contributed by atoms with Gasteiger partial charge in [0.05, 0.1) is 6.10 Å². The van der Waals surface area contributed by atoms with Crippen molar-refractivity contribution in [2.75, 3.05) is 0 Å². The largest absolute Gasteiger partial charge is 0.457 e. The second kappa shape index (κ2) is 5.45. The van der Waals surface area contributed by atoms with E-state index in [9.17, 15) is 5.11 Å². The molecule has 0 bridgehead atoms. The molecule has 19 heavy (non-hydrogen) atoms. The molecule has 0 saturated carbocycles. The third-order valence-electron chi connectivity index (χ3n) is 3.46. The Bertz CT molecular complexity index is 569. The first-order valence-corrected chi connectivity index (χ1v) is 6.51. The van der Waals surface area contributed by atoms with Gasteiger partial charge in [-0.15, -0.1) is 0 Å². The summed E-state index contributed by atoms with van der Waals surface area (Å²) >= 11 is 0. The number of rotatable bonds is 3. The lowest BCUT2D eigenvalue weighted by Gasteiger charge is -2.14. The normalized spacial score (nSPS) is 12.3. The molecule has 0 fully saturated rings. The maximum absolute atomic E-state index is 9.49. The first-order chi connectivity index (χ1) is 8.99. The molecule has 0 aliphatic carbocycles. The number of aliphatic hydroxyl groups excluding tert-OH is 1. The number of hydrogen-bond acceptors (Lipinski definition) is 2. The predicted molar refractivity (Wildman–Crippen MR) is 77.8 cm³/mol. The van der Waals surface area contributed by atoms with E-state index in [-0.39, 0.29) is 0 Å². The molecule has 0 amide bonds. The Kier molecular flexibility index (Phi) is 3.91. The molecular weight excluding hydrogens is 236 g/mol. The zero-order valence-electron chi connectivity index (χ0n) is 11.9. The summed E-state index contributed by atoms with van der Waals surface area (Å²) in [6.07, 6.45) is -0.448. The Morgan fingerprint density at radius 3 is 2.05 bits per heavy atom. The number of benzene rings is 2. The van der Waals surface area contributed by atoms with Crippen molar-refractivity contribution in [3.63, 3.8) is 0 Å². The highest BCUT2D eigenvalue weighted by Crippen LogP contribution is 2.31. The third kappa shape index (κ3) is 2.96. The van der Waals surface area contributed by atoms with E-state index in [1.54, 1.807) is 6.92 Å². The summed E-state index contributed by atoms with van der Waals surface area (Å²) in [5, 5.41) is 9.49. The van der Waals surface area contributed by atoms with Crippen molar-refractivity contribution in [1.82, 2.24) is 0 Å². The quantitative estimate of drug-likeness (QED) is 0.878. The van der Waals surface area contributed by atoms with Gasteiger partial charge in [-0.05, 0) is 62.1 Å². The highest BCUT2D eigenvalue weighted by Gasteiger charge is 2.08. The average molecular weight is 256 g/mol. The van der Waals surface area contributed by atoms with Crippen molar-refractivity contribution >= 4 is 0 Å². The first-order valence-electron chi connectivity index (χ1n) is 6.51. The molecule has 1 atom stereocenters. The topological polar surface area (TPSA) is 29.5 Å². The van der Waals surface area contributed by atoms with Crippen LogP contribution in [0.3, 0.4) is 0 Å². The lowest BCUT2D eigenvalue weighted by molar-refractivity contribution is 0.199. The van der Waals surface area contributed by atoms with E-state index in [0.29, 0.717) is 0 Å². The van der Waals surface area contributed by atoms with Gasteiger partial charge in [-0.3, -0.25) is 0 Å². The SMILES string of the molecule is Cc1ccc(C)c(Oc2ccc([C@@H](C)O)cc2)c1C. The van der Waals surface area contributed by atoms with Gasteiger partial charge in [0.15, 0.2) is 0 Å². The van der Waals surface area contributed by atoms with Crippen molar-refractivity contribution in [2.45, 2.75) is 33.8 Å².